The van der Waals surface area contributed by atoms with Crippen molar-refractivity contribution in [3.63, 3.8) is 0 Å². The van der Waals surface area contributed by atoms with Gasteiger partial charge in [0.2, 0.25) is 11.8 Å². The molecule has 5 atom stereocenters. The molecular formula is C28H22N4O6. The number of anilines is 1. The summed E-state index contributed by atoms with van der Waals surface area (Å²) in [5, 5.41) is 25.8. The van der Waals surface area contributed by atoms with E-state index in [0.29, 0.717) is 33.6 Å². The number of aliphatic hydroxyl groups excluding tert-OH is 1. The zero-order valence-electron chi connectivity index (χ0n) is 20.3. The molecule has 10 heteroatoms. The van der Waals surface area contributed by atoms with Crippen molar-refractivity contribution < 1.29 is 28.7 Å². The van der Waals surface area contributed by atoms with Crippen LogP contribution in [0.5, 0.6) is 5.88 Å². The lowest BCUT2D eigenvalue weighted by molar-refractivity contribution is -0.134. The predicted octanol–water partition coefficient (Wildman–Crippen LogP) is 3.11. The Kier molecular flexibility index (Phi) is 4.71. The van der Waals surface area contributed by atoms with E-state index in [1.807, 2.05) is 18.2 Å². The number of imide groups is 1. The van der Waals surface area contributed by atoms with Gasteiger partial charge in [0.1, 0.15) is 11.7 Å². The van der Waals surface area contributed by atoms with E-state index in [-0.39, 0.29) is 19.4 Å². The van der Waals surface area contributed by atoms with Crippen molar-refractivity contribution in [2.24, 2.45) is 11.8 Å². The first-order chi connectivity index (χ1) is 18.4. The Hall–Kier alpha value is -4.33. The van der Waals surface area contributed by atoms with E-state index in [9.17, 15) is 20.0 Å². The molecule has 10 nitrogen and oxygen atoms in total. The van der Waals surface area contributed by atoms with Gasteiger partial charge in [-0.25, -0.2) is 4.90 Å². The van der Waals surface area contributed by atoms with E-state index in [1.54, 1.807) is 43.5 Å². The number of hydrogen-bond donors (Lipinski definition) is 1. The van der Waals surface area contributed by atoms with Crippen molar-refractivity contribution in [3.05, 3.63) is 60.3 Å². The van der Waals surface area contributed by atoms with Crippen LogP contribution in [0.4, 0.5) is 5.69 Å². The molecule has 2 aromatic heterocycles. The molecule has 190 valence electrons. The van der Waals surface area contributed by atoms with E-state index < -0.39 is 41.0 Å². The van der Waals surface area contributed by atoms with Crippen LogP contribution in [0.15, 0.2) is 59.3 Å². The molecule has 0 spiro atoms. The van der Waals surface area contributed by atoms with Crippen LogP contribution in [-0.4, -0.2) is 51.0 Å². The lowest BCUT2D eigenvalue weighted by atomic mass is 9.66. The Labute approximate surface area is 216 Å². The number of nitrogens with zero attached hydrogens (tertiary/aromatic N) is 4. The van der Waals surface area contributed by atoms with Gasteiger partial charge in [0.15, 0.2) is 5.58 Å². The molecule has 2 bridgehead atoms. The summed E-state index contributed by atoms with van der Waals surface area (Å²) >= 11 is 0. The van der Waals surface area contributed by atoms with Crippen LogP contribution in [0.1, 0.15) is 25.3 Å². The quantitative estimate of drug-likeness (QED) is 0.401. The molecule has 5 heterocycles. The van der Waals surface area contributed by atoms with Crippen LogP contribution in [-0.2, 0) is 14.3 Å². The number of nitriles is 1. The molecule has 38 heavy (non-hydrogen) atoms. The van der Waals surface area contributed by atoms with Gasteiger partial charge in [-0.1, -0.05) is 12.1 Å². The summed E-state index contributed by atoms with van der Waals surface area (Å²) in [6.45, 7) is 1.84. The van der Waals surface area contributed by atoms with Crippen molar-refractivity contribution in [2.45, 2.75) is 37.1 Å². The highest BCUT2D eigenvalue weighted by Crippen LogP contribution is 2.62. The average molecular weight is 511 g/mol. The summed E-state index contributed by atoms with van der Waals surface area (Å²) in [4.78, 5) is 33.3. The Morgan fingerprint density at radius 3 is 2.76 bits per heavy atom. The molecule has 3 saturated heterocycles. The van der Waals surface area contributed by atoms with Gasteiger partial charge in [-0.3, -0.25) is 14.6 Å². The van der Waals surface area contributed by atoms with Crippen molar-refractivity contribution in [3.8, 4) is 11.9 Å². The molecule has 0 unspecified atom stereocenters. The standard InChI is InChI=1S/C28H22N4O6/c1-27-20(33)13-28(38-27,10-12-36-24-17-5-2-3-7-19(17)37-31-24)22-21(27)25(34)32(26(22)35)18-9-8-15(14-29)23-16(18)6-4-11-30-23/h2-9,11,20-22,33H,10,12-13H2,1H3/t20-,21-,22+,27-,28+/m1/s1. The van der Waals surface area contributed by atoms with Crippen LogP contribution in [0.3, 0.4) is 0 Å². The summed E-state index contributed by atoms with van der Waals surface area (Å²) in [5.74, 6) is -2.13. The van der Waals surface area contributed by atoms with Gasteiger partial charge in [0.25, 0.3) is 5.88 Å². The maximum atomic E-state index is 14.0. The van der Waals surface area contributed by atoms with Crippen LogP contribution in [0, 0.1) is 23.2 Å². The number of carbonyl (C=O) groups is 2. The van der Waals surface area contributed by atoms with Crippen molar-refractivity contribution >= 4 is 39.4 Å². The van der Waals surface area contributed by atoms with Gasteiger partial charge in [-0.05, 0) is 48.5 Å². The van der Waals surface area contributed by atoms with Gasteiger partial charge in [0.05, 0.1) is 52.3 Å². The number of aliphatic hydroxyl groups is 1. The lowest BCUT2D eigenvalue weighted by Crippen LogP contribution is -2.49. The fourth-order valence-electron chi connectivity index (χ4n) is 6.59. The Morgan fingerprint density at radius 2 is 1.92 bits per heavy atom. The minimum Gasteiger partial charge on any atom is -0.475 e. The van der Waals surface area contributed by atoms with E-state index >= 15 is 0 Å². The third kappa shape index (κ3) is 2.88. The topological polar surface area (TPSA) is 139 Å². The van der Waals surface area contributed by atoms with Crippen LogP contribution in [0.2, 0.25) is 0 Å². The van der Waals surface area contributed by atoms with Crippen molar-refractivity contribution in [1.82, 2.24) is 10.1 Å². The van der Waals surface area contributed by atoms with Crippen molar-refractivity contribution in [2.75, 3.05) is 11.5 Å². The van der Waals surface area contributed by atoms with Crippen LogP contribution >= 0.6 is 0 Å². The number of rotatable bonds is 5. The summed E-state index contributed by atoms with van der Waals surface area (Å²) < 4.78 is 17.6. The summed E-state index contributed by atoms with van der Waals surface area (Å²) in [5.41, 5.74) is -0.567. The van der Waals surface area contributed by atoms with Crippen LogP contribution in [0.25, 0.3) is 21.9 Å². The molecule has 1 N–H and O–H groups in total. The molecule has 4 aromatic rings. The monoisotopic (exact) mass is 510 g/mol. The third-order valence-electron chi connectivity index (χ3n) is 8.33. The molecule has 0 saturated carbocycles. The first kappa shape index (κ1) is 22.8. The van der Waals surface area contributed by atoms with Gasteiger partial charge in [0, 0.05) is 24.4 Å². The Bertz CT molecular complexity index is 1690. The molecule has 0 radical (unpaired) electrons. The second-order valence-corrected chi connectivity index (χ2v) is 10.3. The van der Waals surface area contributed by atoms with Gasteiger partial charge >= 0.3 is 0 Å². The summed E-state index contributed by atoms with van der Waals surface area (Å²) in [6.07, 6.45) is 1.11. The second kappa shape index (κ2) is 7.84. The number of fused-ring (bicyclic) bond motifs is 7. The summed E-state index contributed by atoms with van der Waals surface area (Å²) in [7, 11) is 0. The number of aromatic nitrogens is 2. The number of carbonyl (C=O) groups excluding carboxylic acids is 2. The SMILES string of the molecule is C[C@@]12O[C@@](CCOc3noc4ccccc34)(C[C@H]1O)[C@@H]1C(=O)N(c3ccc(C#N)c4ncccc34)C(=O)[C@@H]12. The Balaban J connectivity index is 1.23. The minimum atomic E-state index is -1.21. The highest BCUT2D eigenvalue weighted by atomic mass is 16.6. The number of amides is 2. The lowest BCUT2D eigenvalue weighted by Gasteiger charge is -2.33. The van der Waals surface area contributed by atoms with Crippen molar-refractivity contribution in [1.29, 1.82) is 5.26 Å². The van der Waals surface area contributed by atoms with E-state index in [4.69, 9.17) is 14.0 Å². The fourth-order valence-corrected chi connectivity index (χ4v) is 6.59. The highest BCUT2D eigenvalue weighted by Gasteiger charge is 2.77. The molecule has 0 aliphatic carbocycles. The molecule has 2 amide bonds. The third-order valence-corrected chi connectivity index (χ3v) is 8.33. The number of benzene rings is 2. The van der Waals surface area contributed by atoms with Gasteiger partial charge < -0.3 is 19.1 Å². The zero-order chi connectivity index (χ0) is 26.2. The number of para-hydroxylation sites is 1. The van der Waals surface area contributed by atoms with E-state index in [2.05, 4.69) is 16.2 Å². The Morgan fingerprint density at radius 1 is 1.13 bits per heavy atom. The second-order valence-electron chi connectivity index (χ2n) is 10.3. The minimum absolute atomic E-state index is 0.147. The molecule has 7 rings (SSSR count). The average Bonchev–Trinajstić information content (AvgIpc) is 3.61. The van der Waals surface area contributed by atoms with E-state index in [1.165, 1.54) is 4.90 Å². The first-order valence-corrected chi connectivity index (χ1v) is 12.4. The predicted molar refractivity (Wildman–Crippen MR) is 133 cm³/mol. The van der Waals surface area contributed by atoms with Gasteiger partial charge in [-0.15, -0.1) is 0 Å². The maximum absolute atomic E-state index is 14.0. The smallest absolute Gasteiger partial charge is 0.262 e. The normalized spacial score (nSPS) is 29.8. The largest absolute Gasteiger partial charge is 0.475 e. The summed E-state index contributed by atoms with van der Waals surface area (Å²) in [6, 6.07) is 16.0. The number of hydrogen-bond acceptors (Lipinski definition) is 9. The molecule has 3 aliphatic rings. The zero-order valence-corrected chi connectivity index (χ0v) is 20.3. The molecule has 3 fully saturated rings. The van der Waals surface area contributed by atoms with E-state index in [0.717, 1.165) is 5.39 Å². The fraction of sp³-hybridized carbons (Fsp3) is 0.321. The maximum Gasteiger partial charge on any atom is 0.262 e. The molecular weight excluding hydrogens is 488 g/mol. The van der Waals surface area contributed by atoms with Gasteiger partial charge in [-0.2, -0.15) is 5.26 Å². The first-order valence-electron chi connectivity index (χ1n) is 12.4. The molecule has 2 aromatic carbocycles. The number of pyridine rings is 1. The number of ether oxygens (including phenoxy) is 2. The highest BCUT2D eigenvalue weighted by molar-refractivity contribution is 6.26. The van der Waals surface area contributed by atoms with Crippen LogP contribution < -0.4 is 9.64 Å². The molecule has 3 aliphatic heterocycles.